The van der Waals surface area contributed by atoms with Gasteiger partial charge in [-0.25, -0.2) is 0 Å². The smallest absolute Gasteiger partial charge is 0.150 e. The van der Waals surface area contributed by atoms with Crippen LogP contribution in [0.1, 0.15) is 33.1 Å². The number of rotatable bonds is 1. The molecule has 2 N–H and O–H groups in total. The average Bonchev–Trinajstić information content (AvgIpc) is 2.47. The maximum atomic E-state index is 11.0. The summed E-state index contributed by atoms with van der Waals surface area (Å²) in [5.74, 6) is 0. The molecule has 5 nitrogen and oxygen atoms in total. The van der Waals surface area contributed by atoms with E-state index in [4.69, 9.17) is 0 Å². The van der Waals surface area contributed by atoms with Crippen LogP contribution in [0.15, 0.2) is 30.3 Å². The van der Waals surface area contributed by atoms with Crippen LogP contribution in [-0.2, 0) is 26.2 Å². The maximum absolute atomic E-state index is 11.0. The Bertz CT molecular complexity index is 584. The van der Waals surface area contributed by atoms with Gasteiger partial charge in [0.05, 0.1) is 22.8 Å². The van der Waals surface area contributed by atoms with E-state index in [0.717, 1.165) is 29.1 Å². The number of aldehydes is 1. The van der Waals surface area contributed by atoms with Gasteiger partial charge in [-0.2, -0.15) is 0 Å². The zero-order valence-electron chi connectivity index (χ0n) is 11.1. The summed E-state index contributed by atoms with van der Waals surface area (Å²) in [6.07, 6.45) is 0.866. The molecule has 0 amide bonds. The summed E-state index contributed by atoms with van der Waals surface area (Å²) >= 11 is 0. The van der Waals surface area contributed by atoms with Gasteiger partial charge in [-0.1, -0.05) is 6.07 Å². The second-order valence-electron chi connectivity index (χ2n) is 4.83. The SMILES string of the molecule is O=Cc1cc2nc(c1)CNCc1cccc(n1)CNC2. The molecule has 5 heteroatoms. The van der Waals surface area contributed by atoms with Gasteiger partial charge in [-0.05, 0) is 24.3 Å². The number of hydrogen-bond donors (Lipinski definition) is 2. The molecule has 0 unspecified atom stereocenters. The van der Waals surface area contributed by atoms with E-state index in [1.165, 1.54) is 0 Å². The third kappa shape index (κ3) is 3.07. The zero-order valence-corrected chi connectivity index (χ0v) is 11.1. The highest BCUT2D eigenvalue weighted by Crippen LogP contribution is 2.07. The Balaban J connectivity index is 1.87. The van der Waals surface area contributed by atoms with Crippen LogP contribution in [0.25, 0.3) is 0 Å². The summed E-state index contributed by atoms with van der Waals surface area (Å²) in [4.78, 5) is 20.1. The quantitative estimate of drug-likeness (QED) is 0.760. The second-order valence-corrected chi connectivity index (χ2v) is 4.83. The molecule has 0 spiro atoms. The van der Waals surface area contributed by atoms with Crippen LogP contribution < -0.4 is 10.6 Å². The number of fused-ring (bicyclic) bond motifs is 4. The Kier molecular flexibility index (Phi) is 3.80. The summed E-state index contributed by atoms with van der Waals surface area (Å²) in [6, 6.07) is 9.67. The molecular weight excluding hydrogens is 252 g/mol. The highest BCUT2D eigenvalue weighted by Gasteiger charge is 2.06. The van der Waals surface area contributed by atoms with Crippen molar-refractivity contribution < 1.29 is 4.79 Å². The predicted octanol–water partition coefficient (Wildman–Crippen LogP) is 1.18. The first-order valence-corrected chi connectivity index (χ1v) is 6.65. The van der Waals surface area contributed by atoms with Crippen LogP contribution in [-0.4, -0.2) is 16.3 Å². The first kappa shape index (κ1) is 12.9. The lowest BCUT2D eigenvalue weighted by molar-refractivity contribution is 0.112. The van der Waals surface area contributed by atoms with Gasteiger partial charge in [0.25, 0.3) is 0 Å². The summed E-state index contributed by atoms with van der Waals surface area (Å²) in [5.41, 5.74) is 4.45. The molecule has 1 aliphatic heterocycles. The molecule has 0 saturated heterocycles. The monoisotopic (exact) mass is 268 g/mol. The molecule has 2 aromatic heterocycles. The van der Waals surface area contributed by atoms with Gasteiger partial charge < -0.3 is 10.6 Å². The van der Waals surface area contributed by atoms with Crippen LogP contribution >= 0.6 is 0 Å². The molecule has 3 rings (SSSR count). The summed E-state index contributed by atoms with van der Waals surface area (Å²) in [5, 5.41) is 6.62. The van der Waals surface area contributed by atoms with Crippen LogP contribution in [0.3, 0.4) is 0 Å². The molecule has 0 aromatic carbocycles. The Hall–Kier alpha value is -2.11. The van der Waals surface area contributed by atoms with Crippen LogP contribution in [0, 0.1) is 0 Å². The molecule has 2 aromatic rings. The standard InChI is InChI=1S/C15H16N4O/c20-10-11-4-14-8-16-6-12-2-1-3-13(18-12)7-17-9-15(5-11)19-14/h1-5,10,16-17H,6-9H2. The topological polar surface area (TPSA) is 66.9 Å². The Morgan fingerprint density at radius 2 is 1.35 bits per heavy atom. The van der Waals surface area contributed by atoms with E-state index < -0.39 is 0 Å². The van der Waals surface area contributed by atoms with Gasteiger partial charge in [0.1, 0.15) is 6.29 Å². The molecule has 0 aliphatic carbocycles. The third-order valence-corrected chi connectivity index (χ3v) is 3.18. The van der Waals surface area contributed by atoms with E-state index in [1.54, 1.807) is 0 Å². The number of carbonyl (C=O) groups is 1. The lowest BCUT2D eigenvalue weighted by atomic mass is 10.2. The summed E-state index contributed by atoms with van der Waals surface area (Å²) in [6.45, 7) is 2.63. The predicted molar refractivity (Wildman–Crippen MR) is 74.9 cm³/mol. The first-order chi connectivity index (χ1) is 9.83. The number of hydrogen-bond acceptors (Lipinski definition) is 5. The Morgan fingerprint density at radius 1 is 0.850 bits per heavy atom. The second kappa shape index (κ2) is 5.90. The van der Waals surface area contributed by atoms with Crippen molar-refractivity contribution in [1.82, 2.24) is 20.6 Å². The first-order valence-electron chi connectivity index (χ1n) is 6.65. The van der Waals surface area contributed by atoms with Crippen molar-refractivity contribution in [3.63, 3.8) is 0 Å². The van der Waals surface area contributed by atoms with Gasteiger partial charge >= 0.3 is 0 Å². The molecule has 1 aliphatic rings. The minimum absolute atomic E-state index is 0.626. The van der Waals surface area contributed by atoms with Crippen molar-refractivity contribution >= 4 is 6.29 Å². The molecule has 0 radical (unpaired) electrons. The molecule has 102 valence electrons. The lowest BCUT2D eigenvalue weighted by Gasteiger charge is -2.11. The lowest BCUT2D eigenvalue weighted by Crippen LogP contribution is -2.20. The summed E-state index contributed by atoms with van der Waals surface area (Å²) < 4.78 is 0. The third-order valence-electron chi connectivity index (χ3n) is 3.18. The zero-order chi connectivity index (χ0) is 13.8. The van der Waals surface area contributed by atoms with Crippen molar-refractivity contribution in [2.24, 2.45) is 0 Å². The fraction of sp³-hybridized carbons (Fsp3) is 0.267. The van der Waals surface area contributed by atoms with E-state index in [0.29, 0.717) is 31.7 Å². The van der Waals surface area contributed by atoms with Gasteiger partial charge in [0.15, 0.2) is 0 Å². The van der Waals surface area contributed by atoms with E-state index in [1.807, 2.05) is 30.3 Å². The van der Waals surface area contributed by atoms with Crippen molar-refractivity contribution in [1.29, 1.82) is 0 Å². The van der Waals surface area contributed by atoms with Gasteiger partial charge in [-0.15, -0.1) is 0 Å². The molecule has 0 fully saturated rings. The molecule has 0 atom stereocenters. The minimum atomic E-state index is 0.626. The van der Waals surface area contributed by atoms with E-state index >= 15 is 0 Å². The number of pyridine rings is 2. The molecule has 3 heterocycles. The number of nitrogens with one attached hydrogen (secondary N) is 2. The van der Waals surface area contributed by atoms with Crippen LogP contribution in [0.2, 0.25) is 0 Å². The van der Waals surface area contributed by atoms with Crippen molar-refractivity contribution in [3.8, 4) is 0 Å². The average molecular weight is 268 g/mol. The van der Waals surface area contributed by atoms with Gasteiger partial charge in [0, 0.05) is 31.7 Å². The van der Waals surface area contributed by atoms with Crippen LogP contribution in [0.5, 0.6) is 0 Å². The highest BCUT2D eigenvalue weighted by atomic mass is 16.1. The van der Waals surface area contributed by atoms with Gasteiger partial charge in [-0.3, -0.25) is 14.8 Å². The number of aromatic nitrogens is 2. The van der Waals surface area contributed by atoms with Crippen molar-refractivity contribution in [2.45, 2.75) is 26.2 Å². The van der Waals surface area contributed by atoms with Gasteiger partial charge in [0.2, 0.25) is 0 Å². The normalized spacial score (nSPS) is 15.0. The Morgan fingerprint density at radius 3 is 1.90 bits per heavy atom. The number of carbonyl (C=O) groups excluding carboxylic acids is 1. The van der Waals surface area contributed by atoms with E-state index in [-0.39, 0.29) is 0 Å². The highest BCUT2D eigenvalue weighted by molar-refractivity contribution is 5.74. The Labute approximate surface area is 117 Å². The largest absolute Gasteiger partial charge is 0.306 e. The van der Waals surface area contributed by atoms with Crippen molar-refractivity contribution in [3.05, 3.63) is 58.7 Å². The summed E-state index contributed by atoms with van der Waals surface area (Å²) in [7, 11) is 0. The molecule has 0 saturated carbocycles. The fourth-order valence-electron chi connectivity index (χ4n) is 2.29. The minimum Gasteiger partial charge on any atom is -0.306 e. The molecule has 4 bridgehead atoms. The maximum Gasteiger partial charge on any atom is 0.150 e. The van der Waals surface area contributed by atoms with E-state index in [9.17, 15) is 4.79 Å². The molecular formula is C15H16N4O. The fourth-order valence-corrected chi connectivity index (χ4v) is 2.29. The van der Waals surface area contributed by atoms with E-state index in [2.05, 4.69) is 20.6 Å². The number of nitrogens with zero attached hydrogens (tertiary/aromatic N) is 2. The molecule has 20 heavy (non-hydrogen) atoms. The van der Waals surface area contributed by atoms with Crippen LogP contribution in [0.4, 0.5) is 0 Å². The van der Waals surface area contributed by atoms with Crippen molar-refractivity contribution in [2.75, 3.05) is 0 Å².